The minimum absolute atomic E-state index is 0.0202. The fourth-order valence-corrected chi connectivity index (χ4v) is 3.86. The van der Waals surface area contributed by atoms with Gasteiger partial charge in [0.2, 0.25) is 0 Å². The van der Waals surface area contributed by atoms with Crippen molar-refractivity contribution in [1.82, 2.24) is 9.97 Å². The second-order valence-corrected chi connectivity index (χ2v) is 6.91. The summed E-state index contributed by atoms with van der Waals surface area (Å²) < 4.78 is 51.4. The van der Waals surface area contributed by atoms with Crippen LogP contribution < -0.4 is 9.47 Å². The summed E-state index contributed by atoms with van der Waals surface area (Å²) >= 11 is 1.28. The molecule has 0 amide bonds. The predicted octanol–water partition coefficient (Wildman–Crippen LogP) is 5.99. The van der Waals surface area contributed by atoms with Crippen LogP contribution in [0, 0.1) is 0 Å². The van der Waals surface area contributed by atoms with Crippen molar-refractivity contribution in [3.8, 4) is 33.3 Å². The summed E-state index contributed by atoms with van der Waals surface area (Å²) in [5.41, 5.74) is 0.611. The van der Waals surface area contributed by atoms with Gasteiger partial charge in [0.05, 0.1) is 19.9 Å². The molecule has 0 unspecified atom stereocenters. The van der Waals surface area contributed by atoms with Crippen LogP contribution in [-0.4, -0.2) is 24.2 Å². The van der Waals surface area contributed by atoms with Crippen molar-refractivity contribution in [3.63, 3.8) is 0 Å². The molecule has 2 aromatic carbocycles. The van der Waals surface area contributed by atoms with E-state index < -0.39 is 11.9 Å². The molecular formula is C20H15F3N2O2S. The Morgan fingerprint density at radius 2 is 1.75 bits per heavy atom. The number of hydrogen-bond acceptors (Lipinski definition) is 4. The molecule has 0 aliphatic rings. The van der Waals surface area contributed by atoms with Crippen LogP contribution in [0.4, 0.5) is 13.2 Å². The Labute approximate surface area is 162 Å². The minimum Gasteiger partial charge on any atom is -0.497 e. The van der Waals surface area contributed by atoms with Crippen LogP contribution in [0.2, 0.25) is 0 Å². The molecule has 0 fully saturated rings. The number of thiazole rings is 1. The standard InChI is InChI=1S/C20H15F3N2O2S/c1-26-12-5-3-4-11(8-12)19-25-16(10-28-19)17-14-9-13(27-2)6-7-15(14)24-18(17)20(21,22)23/h3-10,24H,1-2H3. The Hall–Kier alpha value is -3.00. The maximum absolute atomic E-state index is 13.7. The average molecular weight is 404 g/mol. The van der Waals surface area contributed by atoms with Gasteiger partial charge < -0.3 is 14.5 Å². The molecule has 144 valence electrons. The molecular weight excluding hydrogens is 389 g/mol. The number of alkyl halides is 3. The number of H-pyrrole nitrogens is 1. The van der Waals surface area contributed by atoms with Crippen molar-refractivity contribution in [3.05, 3.63) is 53.5 Å². The van der Waals surface area contributed by atoms with Gasteiger partial charge >= 0.3 is 6.18 Å². The van der Waals surface area contributed by atoms with Crippen LogP contribution in [0.1, 0.15) is 5.69 Å². The van der Waals surface area contributed by atoms with Gasteiger partial charge in [-0.1, -0.05) is 12.1 Å². The molecule has 0 radical (unpaired) electrons. The van der Waals surface area contributed by atoms with Gasteiger partial charge in [-0.3, -0.25) is 0 Å². The number of fused-ring (bicyclic) bond motifs is 1. The molecule has 4 aromatic rings. The molecule has 0 spiro atoms. The third-order valence-corrected chi connectivity index (χ3v) is 5.26. The second kappa shape index (κ2) is 6.87. The van der Waals surface area contributed by atoms with Gasteiger partial charge in [-0.2, -0.15) is 13.2 Å². The molecule has 1 N–H and O–H groups in total. The fourth-order valence-electron chi connectivity index (χ4n) is 3.05. The van der Waals surface area contributed by atoms with Crippen LogP contribution in [-0.2, 0) is 6.18 Å². The highest BCUT2D eigenvalue weighted by Gasteiger charge is 2.37. The van der Waals surface area contributed by atoms with Crippen LogP contribution in [0.3, 0.4) is 0 Å². The molecule has 8 heteroatoms. The van der Waals surface area contributed by atoms with E-state index in [0.29, 0.717) is 27.4 Å². The predicted molar refractivity (Wildman–Crippen MR) is 103 cm³/mol. The number of rotatable bonds is 4. The molecule has 0 atom stereocenters. The number of hydrogen-bond donors (Lipinski definition) is 1. The highest BCUT2D eigenvalue weighted by Crippen LogP contribution is 2.43. The molecule has 0 saturated heterocycles. The SMILES string of the molecule is COc1cccc(-c2nc(-c3c(C(F)(F)F)[nH]c4ccc(OC)cc34)cs2)c1. The van der Waals surface area contributed by atoms with Crippen LogP contribution in [0.5, 0.6) is 11.5 Å². The van der Waals surface area contributed by atoms with Crippen LogP contribution >= 0.6 is 11.3 Å². The molecule has 28 heavy (non-hydrogen) atoms. The summed E-state index contributed by atoms with van der Waals surface area (Å²) in [6.07, 6.45) is -4.54. The van der Waals surface area contributed by atoms with E-state index in [4.69, 9.17) is 9.47 Å². The van der Waals surface area contributed by atoms with Crippen LogP contribution in [0.25, 0.3) is 32.7 Å². The zero-order chi connectivity index (χ0) is 19.9. The minimum atomic E-state index is -4.54. The first-order valence-corrected chi connectivity index (χ1v) is 9.16. The lowest BCUT2D eigenvalue weighted by Gasteiger charge is -2.07. The topological polar surface area (TPSA) is 47.1 Å². The molecule has 4 nitrogen and oxygen atoms in total. The van der Waals surface area contributed by atoms with Gasteiger partial charge in [0.25, 0.3) is 0 Å². The van der Waals surface area contributed by atoms with Crippen molar-refractivity contribution < 1.29 is 22.6 Å². The van der Waals surface area contributed by atoms with E-state index in [1.165, 1.54) is 18.4 Å². The number of ether oxygens (including phenoxy) is 2. The van der Waals surface area contributed by atoms with Crippen molar-refractivity contribution in [2.45, 2.75) is 6.18 Å². The largest absolute Gasteiger partial charge is 0.497 e. The zero-order valence-electron chi connectivity index (χ0n) is 14.9. The number of aromatic amines is 1. The zero-order valence-corrected chi connectivity index (χ0v) is 15.7. The molecule has 0 aliphatic carbocycles. The van der Waals surface area contributed by atoms with E-state index in [-0.39, 0.29) is 11.3 Å². The molecule has 0 saturated carbocycles. The van der Waals surface area contributed by atoms with Gasteiger partial charge in [0.15, 0.2) is 0 Å². The van der Waals surface area contributed by atoms with Crippen molar-refractivity contribution in [1.29, 1.82) is 0 Å². The van der Waals surface area contributed by atoms with E-state index in [1.807, 2.05) is 12.1 Å². The van der Waals surface area contributed by atoms with Gasteiger partial charge in [-0.25, -0.2) is 4.98 Å². The summed E-state index contributed by atoms with van der Waals surface area (Å²) in [6, 6.07) is 12.0. The third kappa shape index (κ3) is 3.20. The van der Waals surface area contributed by atoms with Gasteiger partial charge in [-0.15, -0.1) is 11.3 Å². The Morgan fingerprint density at radius 1 is 1.00 bits per heavy atom. The first-order valence-electron chi connectivity index (χ1n) is 8.28. The second-order valence-electron chi connectivity index (χ2n) is 6.05. The van der Waals surface area contributed by atoms with Gasteiger partial charge in [0.1, 0.15) is 22.2 Å². The number of nitrogens with one attached hydrogen (secondary N) is 1. The smallest absolute Gasteiger partial charge is 0.431 e. The van der Waals surface area contributed by atoms with Crippen molar-refractivity contribution >= 4 is 22.2 Å². The summed E-state index contributed by atoms with van der Waals surface area (Å²) in [4.78, 5) is 6.97. The van der Waals surface area contributed by atoms with Crippen LogP contribution in [0.15, 0.2) is 47.8 Å². The third-order valence-electron chi connectivity index (χ3n) is 4.37. The van der Waals surface area contributed by atoms with E-state index in [2.05, 4.69) is 9.97 Å². The summed E-state index contributed by atoms with van der Waals surface area (Å²) in [5, 5.41) is 2.65. The number of halogens is 3. The summed E-state index contributed by atoms with van der Waals surface area (Å²) in [5.74, 6) is 1.13. The van der Waals surface area contributed by atoms with E-state index in [0.717, 1.165) is 5.56 Å². The quantitative estimate of drug-likeness (QED) is 0.454. The molecule has 0 bridgehead atoms. The monoisotopic (exact) mass is 404 g/mol. The van der Waals surface area contributed by atoms with E-state index >= 15 is 0 Å². The van der Waals surface area contributed by atoms with Gasteiger partial charge in [0, 0.05) is 27.4 Å². The number of nitrogens with zero attached hydrogens (tertiary/aromatic N) is 1. The number of benzene rings is 2. The van der Waals surface area contributed by atoms with E-state index in [1.54, 1.807) is 42.8 Å². The highest BCUT2D eigenvalue weighted by atomic mass is 32.1. The first-order chi connectivity index (χ1) is 13.4. The first kappa shape index (κ1) is 18.4. The van der Waals surface area contributed by atoms with Crippen molar-refractivity contribution in [2.75, 3.05) is 14.2 Å². The average Bonchev–Trinajstić information content (AvgIpc) is 3.31. The lowest BCUT2D eigenvalue weighted by atomic mass is 10.1. The normalized spacial score (nSPS) is 11.8. The molecule has 2 heterocycles. The van der Waals surface area contributed by atoms with Crippen molar-refractivity contribution in [2.24, 2.45) is 0 Å². The lowest BCUT2D eigenvalue weighted by Crippen LogP contribution is -2.07. The fraction of sp³-hybridized carbons (Fsp3) is 0.150. The number of aromatic nitrogens is 2. The maximum atomic E-state index is 13.7. The van der Waals surface area contributed by atoms with E-state index in [9.17, 15) is 13.2 Å². The summed E-state index contributed by atoms with van der Waals surface area (Å²) in [6.45, 7) is 0. The molecule has 4 rings (SSSR count). The summed E-state index contributed by atoms with van der Waals surface area (Å²) in [7, 11) is 3.03. The Morgan fingerprint density at radius 3 is 2.46 bits per heavy atom. The van der Waals surface area contributed by atoms with Gasteiger partial charge in [-0.05, 0) is 30.3 Å². The molecule has 0 aliphatic heterocycles. The Bertz CT molecular complexity index is 1150. The maximum Gasteiger partial charge on any atom is 0.431 e. The lowest BCUT2D eigenvalue weighted by molar-refractivity contribution is -0.140. The molecule has 2 aromatic heterocycles. The Balaban J connectivity index is 1.90. The number of methoxy groups -OCH3 is 2. The highest BCUT2D eigenvalue weighted by molar-refractivity contribution is 7.13. The Kier molecular flexibility index (Phi) is 4.50.